The Balaban J connectivity index is 1.96. The van der Waals surface area contributed by atoms with E-state index >= 15 is 0 Å². The van der Waals surface area contributed by atoms with E-state index in [1.807, 2.05) is 11.4 Å². The summed E-state index contributed by atoms with van der Waals surface area (Å²) in [6, 6.07) is 1.77. The van der Waals surface area contributed by atoms with Gasteiger partial charge in [-0.15, -0.1) is 11.3 Å². The molecule has 0 radical (unpaired) electrons. The van der Waals surface area contributed by atoms with Crippen LogP contribution in [0.2, 0.25) is 0 Å². The van der Waals surface area contributed by atoms with E-state index in [-0.39, 0.29) is 11.9 Å². The van der Waals surface area contributed by atoms with Gasteiger partial charge in [0.25, 0.3) is 0 Å². The summed E-state index contributed by atoms with van der Waals surface area (Å²) >= 11 is 5.02. The lowest BCUT2D eigenvalue weighted by molar-refractivity contribution is -0.143. The van der Waals surface area contributed by atoms with Gasteiger partial charge < -0.3 is 10.6 Å². The number of rotatable bonds is 2. The Kier molecular flexibility index (Phi) is 2.40. The van der Waals surface area contributed by atoms with Crippen LogP contribution in [0.15, 0.2) is 15.9 Å². The van der Waals surface area contributed by atoms with Gasteiger partial charge in [-0.2, -0.15) is 0 Å². The number of nitrogens with two attached hydrogens (primary N) is 1. The fourth-order valence-corrected chi connectivity index (χ4v) is 2.76. The lowest BCUT2D eigenvalue weighted by Crippen LogP contribution is -2.60. The Labute approximate surface area is 88.7 Å². The van der Waals surface area contributed by atoms with Crippen molar-refractivity contribution in [3.05, 3.63) is 20.8 Å². The van der Waals surface area contributed by atoms with Gasteiger partial charge in [0.1, 0.15) is 6.04 Å². The van der Waals surface area contributed by atoms with E-state index in [2.05, 4.69) is 15.9 Å². The summed E-state index contributed by atoms with van der Waals surface area (Å²) in [6.07, 6.45) is 0. The molecule has 1 unspecified atom stereocenters. The van der Waals surface area contributed by atoms with Crippen LogP contribution in [0.3, 0.4) is 0 Å². The number of nitrogens with zero attached hydrogens (tertiary/aromatic N) is 1. The average molecular weight is 261 g/mol. The van der Waals surface area contributed by atoms with E-state index in [1.165, 1.54) is 4.88 Å². The van der Waals surface area contributed by atoms with Gasteiger partial charge >= 0.3 is 0 Å². The summed E-state index contributed by atoms with van der Waals surface area (Å²) in [5.74, 6) is 0.0597. The fourth-order valence-electron chi connectivity index (χ4n) is 1.29. The van der Waals surface area contributed by atoms with Gasteiger partial charge in [0.15, 0.2) is 0 Å². The molecule has 70 valence electrons. The van der Waals surface area contributed by atoms with Crippen molar-refractivity contribution in [3.8, 4) is 0 Å². The van der Waals surface area contributed by atoms with Crippen LogP contribution in [-0.2, 0) is 11.3 Å². The number of carbonyl (C=O) groups excluding carboxylic acids is 1. The molecule has 1 saturated heterocycles. The third-order valence-electron chi connectivity index (χ3n) is 2.01. The van der Waals surface area contributed by atoms with Gasteiger partial charge in [0.2, 0.25) is 5.91 Å². The Bertz CT molecular complexity index is 339. The first-order valence-corrected chi connectivity index (χ1v) is 5.61. The van der Waals surface area contributed by atoms with Crippen LogP contribution in [0.5, 0.6) is 0 Å². The molecule has 1 atom stereocenters. The first-order valence-electron chi connectivity index (χ1n) is 3.94. The van der Waals surface area contributed by atoms with Crippen LogP contribution in [0.1, 0.15) is 4.88 Å². The SMILES string of the molecule is NC1CN(Cc2cc(Br)cs2)C1=O. The maximum absolute atomic E-state index is 11.2. The van der Waals surface area contributed by atoms with Gasteiger partial charge in [-0.3, -0.25) is 4.79 Å². The van der Waals surface area contributed by atoms with Crippen molar-refractivity contribution in [2.45, 2.75) is 12.6 Å². The third kappa shape index (κ3) is 1.77. The van der Waals surface area contributed by atoms with E-state index in [1.54, 1.807) is 16.2 Å². The summed E-state index contributed by atoms with van der Waals surface area (Å²) in [6.45, 7) is 1.39. The highest BCUT2D eigenvalue weighted by molar-refractivity contribution is 9.10. The molecule has 0 spiro atoms. The standard InChI is InChI=1S/C8H9BrN2OS/c9-5-1-6(13-4-5)2-11-3-7(10)8(11)12/h1,4,7H,2-3,10H2. The average Bonchev–Trinajstić information content (AvgIpc) is 2.50. The largest absolute Gasteiger partial charge is 0.334 e. The molecule has 2 rings (SSSR count). The van der Waals surface area contributed by atoms with Crippen molar-refractivity contribution in [2.24, 2.45) is 5.73 Å². The molecule has 13 heavy (non-hydrogen) atoms. The molecule has 0 saturated carbocycles. The molecular formula is C8H9BrN2OS. The topological polar surface area (TPSA) is 46.3 Å². The molecule has 0 aromatic carbocycles. The number of halogens is 1. The second-order valence-electron chi connectivity index (χ2n) is 3.06. The Morgan fingerprint density at radius 1 is 1.77 bits per heavy atom. The number of carbonyl (C=O) groups is 1. The zero-order valence-electron chi connectivity index (χ0n) is 6.87. The molecule has 1 aliphatic rings. The zero-order valence-corrected chi connectivity index (χ0v) is 9.27. The predicted molar refractivity (Wildman–Crippen MR) is 55.4 cm³/mol. The van der Waals surface area contributed by atoms with Crippen LogP contribution >= 0.6 is 27.3 Å². The lowest BCUT2D eigenvalue weighted by atomic mass is 10.1. The lowest BCUT2D eigenvalue weighted by Gasteiger charge is -2.35. The molecule has 2 heterocycles. The molecule has 5 heteroatoms. The second-order valence-corrected chi connectivity index (χ2v) is 4.97. The van der Waals surface area contributed by atoms with Crippen LogP contribution in [-0.4, -0.2) is 23.4 Å². The summed E-state index contributed by atoms with van der Waals surface area (Å²) in [5, 5.41) is 2.01. The van der Waals surface area contributed by atoms with Gasteiger partial charge in [-0.05, 0) is 22.0 Å². The number of hydrogen-bond donors (Lipinski definition) is 1. The van der Waals surface area contributed by atoms with E-state index in [0.717, 1.165) is 4.47 Å². The molecular weight excluding hydrogens is 252 g/mol. The van der Waals surface area contributed by atoms with Crippen molar-refractivity contribution in [1.82, 2.24) is 4.90 Å². The van der Waals surface area contributed by atoms with Crippen LogP contribution < -0.4 is 5.73 Å². The van der Waals surface area contributed by atoms with E-state index in [9.17, 15) is 4.79 Å². The molecule has 1 aromatic heterocycles. The fraction of sp³-hybridized carbons (Fsp3) is 0.375. The van der Waals surface area contributed by atoms with E-state index < -0.39 is 0 Å². The minimum absolute atomic E-state index is 0.0597. The van der Waals surface area contributed by atoms with E-state index in [4.69, 9.17) is 5.73 Å². The number of hydrogen-bond acceptors (Lipinski definition) is 3. The van der Waals surface area contributed by atoms with Crippen molar-refractivity contribution >= 4 is 33.2 Å². The Hall–Kier alpha value is -0.390. The van der Waals surface area contributed by atoms with Gasteiger partial charge in [0.05, 0.1) is 6.54 Å². The highest BCUT2D eigenvalue weighted by atomic mass is 79.9. The summed E-state index contributed by atoms with van der Waals surface area (Å²) in [4.78, 5) is 14.1. The maximum atomic E-state index is 11.2. The normalized spacial score (nSPS) is 21.8. The number of β-lactam (4-membered cyclic amide) rings is 1. The number of likely N-dealkylation sites (tertiary alicyclic amines) is 1. The summed E-state index contributed by atoms with van der Waals surface area (Å²) in [5.41, 5.74) is 5.47. The molecule has 2 N–H and O–H groups in total. The molecule has 3 nitrogen and oxygen atoms in total. The van der Waals surface area contributed by atoms with Gasteiger partial charge in [-0.25, -0.2) is 0 Å². The molecule has 1 aliphatic heterocycles. The zero-order chi connectivity index (χ0) is 9.42. The van der Waals surface area contributed by atoms with Crippen LogP contribution in [0, 0.1) is 0 Å². The minimum atomic E-state index is -0.261. The van der Waals surface area contributed by atoms with Gasteiger partial charge in [-0.1, -0.05) is 0 Å². The smallest absolute Gasteiger partial charge is 0.241 e. The molecule has 1 fully saturated rings. The Morgan fingerprint density at radius 3 is 3.00 bits per heavy atom. The van der Waals surface area contributed by atoms with Crippen molar-refractivity contribution < 1.29 is 4.79 Å². The monoisotopic (exact) mass is 260 g/mol. The highest BCUT2D eigenvalue weighted by Gasteiger charge is 2.33. The number of amides is 1. The molecule has 1 aromatic rings. The van der Waals surface area contributed by atoms with Crippen LogP contribution in [0.25, 0.3) is 0 Å². The predicted octanol–water partition coefficient (Wildman–Crippen LogP) is 1.18. The van der Waals surface area contributed by atoms with E-state index in [0.29, 0.717) is 13.1 Å². The third-order valence-corrected chi connectivity index (χ3v) is 3.70. The molecule has 1 amide bonds. The second kappa shape index (κ2) is 3.40. The first-order chi connectivity index (χ1) is 6.16. The maximum Gasteiger partial charge on any atom is 0.241 e. The highest BCUT2D eigenvalue weighted by Crippen LogP contribution is 2.23. The molecule has 0 bridgehead atoms. The quantitative estimate of drug-likeness (QED) is 0.812. The molecule has 0 aliphatic carbocycles. The Morgan fingerprint density at radius 2 is 2.54 bits per heavy atom. The summed E-state index contributed by atoms with van der Waals surface area (Å²) in [7, 11) is 0. The number of thiophene rings is 1. The first kappa shape index (κ1) is 9.18. The van der Waals surface area contributed by atoms with Crippen LogP contribution in [0.4, 0.5) is 0 Å². The van der Waals surface area contributed by atoms with Gasteiger partial charge in [0, 0.05) is 21.3 Å². The van der Waals surface area contributed by atoms with Crippen molar-refractivity contribution in [2.75, 3.05) is 6.54 Å². The minimum Gasteiger partial charge on any atom is -0.334 e. The summed E-state index contributed by atoms with van der Waals surface area (Å²) < 4.78 is 1.07. The van der Waals surface area contributed by atoms with Crippen molar-refractivity contribution in [1.29, 1.82) is 0 Å². The van der Waals surface area contributed by atoms with Crippen molar-refractivity contribution in [3.63, 3.8) is 0 Å².